The van der Waals surface area contributed by atoms with Crippen LogP contribution in [0.4, 0.5) is 0 Å². The summed E-state index contributed by atoms with van der Waals surface area (Å²) in [5.74, 6) is 0.779. The van der Waals surface area contributed by atoms with Crippen LogP contribution in [0.25, 0.3) is 0 Å². The molecule has 1 aromatic rings. The summed E-state index contributed by atoms with van der Waals surface area (Å²) in [6.07, 6.45) is 8.67. The molecule has 0 aromatic carbocycles. The van der Waals surface area contributed by atoms with Crippen LogP contribution in [0.1, 0.15) is 39.5 Å². The van der Waals surface area contributed by atoms with Gasteiger partial charge in [-0.05, 0) is 45.2 Å². The summed E-state index contributed by atoms with van der Waals surface area (Å²) >= 11 is 0. The van der Waals surface area contributed by atoms with Crippen LogP contribution in [0.15, 0.2) is 12.7 Å². The van der Waals surface area contributed by atoms with Gasteiger partial charge < -0.3 is 4.90 Å². The first-order chi connectivity index (χ1) is 8.29. The number of piperidine rings is 1. The Morgan fingerprint density at radius 1 is 1.35 bits per heavy atom. The molecular weight excluding hydrogens is 212 g/mol. The van der Waals surface area contributed by atoms with E-state index in [-0.39, 0.29) is 0 Å². The zero-order valence-corrected chi connectivity index (χ0v) is 11.0. The van der Waals surface area contributed by atoms with Gasteiger partial charge in [-0.3, -0.25) is 4.68 Å². The van der Waals surface area contributed by atoms with E-state index in [0.717, 1.165) is 18.5 Å². The average molecular weight is 236 g/mol. The van der Waals surface area contributed by atoms with Crippen LogP contribution in [0, 0.1) is 5.92 Å². The van der Waals surface area contributed by atoms with Crippen LogP contribution < -0.4 is 0 Å². The van der Waals surface area contributed by atoms with Crippen LogP contribution in [-0.2, 0) is 6.54 Å². The maximum atomic E-state index is 4.19. The van der Waals surface area contributed by atoms with Gasteiger partial charge in [-0.1, -0.05) is 13.3 Å². The minimum atomic E-state index is 0.757. The van der Waals surface area contributed by atoms with E-state index in [2.05, 4.69) is 28.8 Å². The lowest BCUT2D eigenvalue weighted by molar-refractivity contribution is 0.126. The number of hydrogen-bond acceptors (Lipinski definition) is 3. The van der Waals surface area contributed by atoms with Gasteiger partial charge in [0.2, 0.25) is 0 Å². The fourth-order valence-corrected chi connectivity index (χ4v) is 2.77. The van der Waals surface area contributed by atoms with Gasteiger partial charge in [0.05, 0.1) is 0 Å². The standard InChI is InChI=1S/C13H24N4/c1-3-4-12(2)16-7-5-13(6-8-16)9-17-11-14-10-15-17/h10-13H,3-9H2,1-2H3/t12-/m1/s1. The van der Waals surface area contributed by atoms with E-state index in [1.165, 1.54) is 38.8 Å². The van der Waals surface area contributed by atoms with Crippen molar-refractivity contribution >= 4 is 0 Å². The Labute approximate surface area is 104 Å². The molecule has 2 rings (SSSR count). The molecule has 1 aliphatic heterocycles. The minimum Gasteiger partial charge on any atom is -0.301 e. The molecule has 1 aliphatic rings. The van der Waals surface area contributed by atoms with Gasteiger partial charge >= 0.3 is 0 Å². The maximum Gasteiger partial charge on any atom is 0.137 e. The molecule has 1 atom stereocenters. The van der Waals surface area contributed by atoms with Gasteiger partial charge in [-0.2, -0.15) is 5.10 Å². The second kappa shape index (κ2) is 6.15. The monoisotopic (exact) mass is 236 g/mol. The van der Waals surface area contributed by atoms with Gasteiger partial charge in [0.1, 0.15) is 12.7 Å². The summed E-state index contributed by atoms with van der Waals surface area (Å²) in [5.41, 5.74) is 0. The second-order valence-corrected chi connectivity index (χ2v) is 5.23. The SMILES string of the molecule is CCC[C@@H](C)N1CCC(Cn2cncn2)CC1. The first-order valence-electron chi connectivity index (χ1n) is 6.86. The van der Waals surface area contributed by atoms with Crippen molar-refractivity contribution in [2.75, 3.05) is 13.1 Å². The maximum absolute atomic E-state index is 4.19. The number of likely N-dealkylation sites (tertiary alicyclic amines) is 1. The Balaban J connectivity index is 1.74. The summed E-state index contributed by atoms with van der Waals surface area (Å²) in [4.78, 5) is 6.64. The molecule has 96 valence electrons. The van der Waals surface area contributed by atoms with Crippen LogP contribution >= 0.6 is 0 Å². The highest BCUT2D eigenvalue weighted by molar-refractivity contribution is 4.76. The minimum absolute atomic E-state index is 0.757. The van der Waals surface area contributed by atoms with Crippen molar-refractivity contribution in [1.82, 2.24) is 19.7 Å². The van der Waals surface area contributed by atoms with E-state index >= 15 is 0 Å². The van der Waals surface area contributed by atoms with Crippen LogP contribution in [0.5, 0.6) is 0 Å². The first kappa shape index (κ1) is 12.6. The third-order valence-corrected chi connectivity index (χ3v) is 3.89. The van der Waals surface area contributed by atoms with Crippen molar-refractivity contribution in [1.29, 1.82) is 0 Å². The highest BCUT2D eigenvalue weighted by atomic mass is 15.3. The molecule has 2 heterocycles. The molecule has 1 fully saturated rings. The van der Waals surface area contributed by atoms with Gasteiger partial charge in [0.25, 0.3) is 0 Å². The highest BCUT2D eigenvalue weighted by Crippen LogP contribution is 2.21. The van der Waals surface area contributed by atoms with Crippen molar-refractivity contribution in [3.8, 4) is 0 Å². The molecule has 17 heavy (non-hydrogen) atoms. The lowest BCUT2D eigenvalue weighted by atomic mass is 9.95. The summed E-state index contributed by atoms with van der Waals surface area (Å²) in [6, 6.07) is 0.757. The molecule has 0 spiro atoms. The third-order valence-electron chi connectivity index (χ3n) is 3.89. The number of nitrogens with zero attached hydrogens (tertiary/aromatic N) is 4. The van der Waals surface area contributed by atoms with Gasteiger partial charge in [-0.25, -0.2) is 4.98 Å². The Bertz CT molecular complexity index is 301. The average Bonchev–Trinajstić information content (AvgIpc) is 2.83. The molecule has 0 amide bonds. The van der Waals surface area contributed by atoms with Gasteiger partial charge in [0, 0.05) is 12.6 Å². The third kappa shape index (κ3) is 3.53. The summed E-state index contributed by atoms with van der Waals surface area (Å²) in [5, 5.41) is 4.19. The van der Waals surface area contributed by atoms with Crippen LogP contribution in [0.2, 0.25) is 0 Å². The summed E-state index contributed by atoms with van der Waals surface area (Å²) < 4.78 is 1.97. The summed E-state index contributed by atoms with van der Waals surface area (Å²) in [6.45, 7) is 8.17. The lowest BCUT2D eigenvalue weighted by Crippen LogP contribution is -2.40. The predicted molar refractivity (Wildman–Crippen MR) is 68.7 cm³/mol. The Kier molecular flexibility index (Phi) is 4.54. The smallest absolute Gasteiger partial charge is 0.137 e. The fraction of sp³-hybridized carbons (Fsp3) is 0.846. The van der Waals surface area contributed by atoms with Crippen LogP contribution in [0.3, 0.4) is 0 Å². The molecule has 0 unspecified atom stereocenters. The fourth-order valence-electron chi connectivity index (χ4n) is 2.77. The van der Waals surface area contributed by atoms with E-state index in [0.29, 0.717) is 0 Å². The topological polar surface area (TPSA) is 34.0 Å². The number of aromatic nitrogens is 3. The molecule has 4 heteroatoms. The lowest BCUT2D eigenvalue weighted by Gasteiger charge is -2.36. The van der Waals surface area contributed by atoms with E-state index in [1.807, 2.05) is 11.0 Å². The molecule has 1 saturated heterocycles. The number of rotatable bonds is 5. The molecule has 1 aromatic heterocycles. The molecule has 0 saturated carbocycles. The normalized spacial score (nSPS) is 20.6. The van der Waals surface area contributed by atoms with E-state index in [9.17, 15) is 0 Å². The molecule has 0 N–H and O–H groups in total. The van der Waals surface area contributed by atoms with Crippen molar-refractivity contribution in [2.45, 2.75) is 52.1 Å². The molecular formula is C13H24N4. The molecule has 4 nitrogen and oxygen atoms in total. The largest absolute Gasteiger partial charge is 0.301 e. The van der Waals surface area contributed by atoms with Gasteiger partial charge in [0.15, 0.2) is 0 Å². The highest BCUT2D eigenvalue weighted by Gasteiger charge is 2.22. The van der Waals surface area contributed by atoms with Crippen molar-refractivity contribution < 1.29 is 0 Å². The molecule has 0 bridgehead atoms. The second-order valence-electron chi connectivity index (χ2n) is 5.23. The van der Waals surface area contributed by atoms with Crippen molar-refractivity contribution in [3.05, 3.63) is 12.7 Å². The van der Waals surface area contributed by atoms with Gasteiger partial charge in [-0.15, -0.1) is 0 Å². The van der Waals surface area contributed by atoms with Crippen LogP contribution in [-0.4, -0.2) is 38.8 Å². The predicted octanol–water partition coefficient (Wildman–Crippen LogP) is 2.18. The molecule has 0 radical (unpaired) electrons. The zero-order valence-electron chi connectivity index (χ0n) is 11.0. The summed E-state index contributed by atoms with van der Waals surface area (Å²) in [7, 11) is 0. The van der Waals surface area contributed by atoms with E-state index < -0.39 is 0 Å². The number of hydrogen-bond donors (Lipinski definition) is 0. The Morgan fingerprint density at radius 3 is 2.71 bits per heavy atom. The van der Waals surface area contributed by atoms with E-state index in [4.69, 9.17) is 0 Å². The van der Waals surface area contributed by atoms with Crippen molar-refractivity contribution in [2.24, 2.45) is 5.92 Å². The van der Waals surface area contributed by atoms with Crippen molar-refractivity contribution in [3.63, 3.8) is 0 Å². The quantitative estimate of drug-likeness (QED) is 0.786. The Hall–Kier alpha value is -0.900. The Morgan fingerprint density at radius 2 is 2.12 bits per heavy atom. The zero-order chi connectivity index (χ0) is 12.1. The molecule has 0 aliphatic carbocycles. The first-order valence-corrected chi connectivity index (χ1v) is 6.86. The van der Waals surface area contributed by atoms with E-state index in [1.54, 1.807) is 6.33 Å².